The lowest BCUT2D eigenvalue weighted by molar-refractivity contribution is -0.131. The van der Waals surface area contributed by atoms with Gasteiger partial charge < -0.3 is 19.9 Å². The van der Waals surface area contributed by atoms with Gasteiger partial charge in [-0.3, -0.25) is 9.59 Å². The third kappa shape index (κ3) is 5.75. The summed E-state index contributed by atoms with van der Waals surface area (Å²) >= 11 is 0. The smallest absolute Gasteiger partial charge is 0.224 e. The molecule has 160 valence electrons. The summed E-state index contributed by atoms with van der Waals surface area (Å²) < 4.78 is 5.83. The molecule has 2 aromatic carbocycles. The van der Waals surface area contributed by atoms with Crippen molar-refractivity contribution in [3.8, 4) is 5.75 Å². The summed E-state index contributed by atoms with van der Waals surface area (Å²) in [5, 5.41) is 2.87. The van der Waals surface area contributed by atoms with Crippen LogP contribution in [0.1, 0.15) is 37.3 Å². The Kier molecular flexibility index (Phi) is 7.33. The standard InChI is InChI=1S/C24H31N3O3/c1-4-27(17-18-7-10-20(11-8-18)26(2)3)24(29)6-5-15-30-21-12-13-22-19(16-21)9-14-23(28)25-22/h7-8,10-13,16H,4-6,9,14-15,17H2,1-3H3,(H,25,28). The normalized spacial score (nSPS) is 12.7. The summed E-state index contributed by atoms with van der Waals surface area (Å²) in [4.78, 5) is 28.0. The van der Waals surface area contributed by atoms with Gasteiger partial charge in [0, 0.05) is 51.4 Å². The van der Waals surface area contributed by atoms with Gasteiger partial charge in [0.2, 0.25) is 11.8 Å². The van der Waals surface area contributed by atoms with E-state index >= 15 is 0 Å². The zero-order chi connectivity index (χ0) is 21.5. The van der Waals surface area contributed by atoms with Gasteiger partial charge in [-0.15, -0.1) is 0 Å². The van der Waals surface area contributed by atoms with Crippen molar-refractivity contribution in [3.05, 3.63) is 53.6 Å². The van der Waals surface area contributed by atoms with Crippen molar-refractivity contribution in [2.45, 2.75) is 39.2 Å². The van der Waals surface area contributed by atoms with E-state index in [-0.39, 0.29) is 11.8 Å². The van der Waals surface area contributed by atoms with Crippen LogP contribution in [0.15, 0.2) is 42.5 Å². The highest BCUT2D eigenvalue weighted by atomic mass is 16.5. The minimum Gasteiger partial charge on any atom is -0.494 e. The van der Waals surface area contributed by atoms with Crippen LogP contribution >= 0.6 is 0 Å². The monoisotopic (exact) mass is 409 g/mol. The summed E-state index contributed by atoms with van der Waals surface area (Å²) in [7, 11) is 4.03. The maximum atomic E-state index is 12.6. The molecule has 0 bridgehead atoms. The fourth-order valence-electron chi connectivity index (χ4n) is 3.52. The summed E-state index contributed by atoms with van der Waals surface area (Å²) in [5.74, 6) is 0.986. The molecule has 3 rings (SSSR count). The lowest BCUT2D eigenvalue weighted by Gasteiger charge is -2.22. The molecule has 0 fully saturated rings. The van der Waals surface area contributed by atoms with Gasteiger partial charge in [0.05, 0.1) is 6.61 Å². The van der Waals surface area contributed by atoms with Gasteiger partial charge in [0.15, 0.2) is 0 Å². The molecule has 0 radical (unpaired) electrons. The van der Waals surface area contributed by atoms with Gasteiger partial charge in [-0.2, -0.15) is 0 Å². The van der Waals surface area contributed by atoms with Gasteiger partial charge in [-0.05, 0) is 61.2 Å². The molecule has 0 unspecified atom stereocenters. The van der Waals surface area contributed by atoms with E-state index in [0.29, 0.717) is 39.0 Å². The molecule has 6 heteroatoms. The van der Waals surface area contributed by atoms with Gasteiger partial charge in [0.1, 0.15) is 5.75 Å². The van der Waals surface area contributed by atoms with Crippen LogP contribution in [0.2, 0.25) is 0 Å². The van der Waals surface area contributed by atoms with E-state index in [4.69, 9.17) is 4.74 Å². The second kappa shape index (κ2) is 10.1. The number of amides is 2. The largest absolute Gasteiger partial charge is 0.494 e. The molecule has 6 nitrogen and oxygen atoms in total. The third-order valence-electron chi connectivity index (χ3n) is 5.34. The van der Waals surface area contributed by atoms with E-state index in [0.717, 1.165) is 34.7 Å². The van der Waals surface area contributed by atoms with Crippen molar-refractivity contribution in [3.63, 3.8) is 0 Å². The number of hydrogen-bond acceptors (Lipinski definition) is 4. The van der Waals surface area contributed by atoms with Gasteiger partial charge in [-0.1, -0.05) is 12.1 Å². The fourth-order valence-corrected chi connectivity index (χ4v) is 3.52. The van der Waals surface area contributed by atoms with Crippen LogP contribution in [0.4, 0.5) is 11.4 Å². The van der Waals surface area contributed by atoms with Crippen LogP contribution in [-0.2, 0) is 22.6 Å². The van der Waals surface area contributed by atoms with Crippen LogP contribution in [0, 0.1) is 0 Å². The van der Waals surface area contributed by atoms with Crippen molar-refractivity contribution in [2.24, 2.45) is 0 Å². The molecule has 0 aliphatic carbocycles. The molecule has 0 saturated heterocycles. The first kappa shape index (κ1) is 21.7. The minimum absolute atomic E-state index is 0.0591. The zero-order valence-electron chi connectivity index (χ0n) is 18.1. The number of anilines is 2. The molecule has 1 N–H and O–H groups in total. The van der Waals surface area contributed by atoms with E-state index < -0.39 is 0 Å². The Balaban J connectivity index is 1.44. The van der Waals surface area contributed by atoms with Crippen molar-refractivity contribution in [1.82, 2.24) is 4.90 Å². The summed E-state index contributed by atoms with van der Waals surface area (Å²) in [5.41, 5.74) is 4.25. The number of carbonyl (C=O) groups excluding carboxylic acids is 2. The molecule has 2 aromatic rings. The molecule has 1 aliphatic heterocycles. The number of ether oxygens (including phenoxy) is 1. The number of benzene rings is 2. The van der Waals surface area contributed by atoms with Gasteiger partial charge >= 0.3 is 0 Å². The van der Waals surface area contributed by atoms with E-state index in [1.807, 2.05) is 44.1 Å². The number of nitrogens with zero attached hydrogens (tertiary/aromatic N) is 2. The number of nitrogens with one attached hydrogen (secondary N) is 1. The lowest BCUT2D eigenvalue weighted by atomic mass is 10.0. The Hall–Kier alpha value is -3.02. The predicted molar refractivity (Wildman–Crippen MR) is 120 cm³/mol. The first-order chi connectivity index (χ1) is 14.5. The third-order valence-corrected chi connectivity index (χ3v) is 5.34. The first-order valence-corrected chi connectivity index (χ1v) is 10.6. The van der Waals surface area contributed by atoms with Crippen LogP contribution in [-0.4, -0.2) is 44.0 Å². The summed E-state index contributed by atoms with van der Waals surface area (Å²) in [6, 6.07) is 14.0. The minimum atomic E-state index is 0.0591. The van der Waals surface area contributed by atoms with Crippen molar-refractivity contribution in [2.75, 3.05) is 37.5 Å². The van der Waals surface area contributed by atoms with Crippen molar-refractivity contribution in [1.29, 1.82) is 0 Å². The maximum absolute atomic E-state index is 12.6. The van der Waals surface area contributed by atoms with Crippen molar-refractivity contribution < 1.29 is 14.3 Å². The molecule has 0 atom stereocenters. The number of carbonyl (C=O) groups is 2. The molecular weight excluding hydrogens is 378 g/mol. The summed E-state index contributed by atoms with van der Waals surface area (Å²) in [6.07, 6.45) is 2.38. The van der Waals surface area contributed by atoms with Crippen LogP contribution < -0.4 is 15.0 Å². The van der Waals surface area contributed by atoms with E-state index in [2.05, 4.69) is 34.5 Å². The molecule has 2 amide bonds. The Morgan fingerprint density at radius 2 is 1.87 bits per heavy atom. The molecule has 1 aliphatic rings. The predicted octanol–water partition coefficient (Wildman–Crippen LogP) is 3.85. The molecule has 0 aromatic heterocycles. The summed E-state index contributed by atoms with van der Waals surface area (Å²) in [6.45, 7) is 3.81. The highest BCUT2D eigenvalue weighted by molar-refractivity contribution is 5.94. The van der Waals surface area contributed by atoms with Gasteiger partial charge in [0.25, 0.3) is 0 Å². The second-order valence-electron chi connectivity index (χ2n) is 7.79. The van der Waals surface area contributed by atoms with E-state index in [1.54, 1.807) is 0 Å². The molecule has 0 spiro atoms. The first-order valence-electron chi connectivity index (χ1n) is 10.6. The number of fused-ring (bicyclic) bond motifs is 1. The molecule has 1 heterocycles. The number of rotatable bonds is 9. The highest BCUT2D eigenvalue weighted by Gasteiger charge is 2.15. The Bertz CT molecular complexity index is 878. The lowest BCUT2D eigenvalue weighted by Crippen LogP contribution is -2.30. The molecular formula is C24H31N3O3. The number of aryl methyl sites for hydroxylation is 1. The Labute approximate surface area is 178 Å². The molecule has 0 saturated carbocycles. The number of hydrogen-bond donors (Lipinski definition) is 1. The highest BCUT2D eigenvalue weighted by Crippen LogP contribution is 2.27. The van der Waals surface area contributed by atoms with Crippen molar-refractivity contribution >= 4 is 23.2 Å². The quantitative estimate of drug-likeness (QED) is 0.639. The molecule has 30 heavy (non-hydrogen) atoms. The van der Waals surface area contributed by atoms with Crippen LogP contribution in [0.25, 0.3) is 0 Å². The van der Waals surface area contributed by atoms with Crippen LogP contribution in [0.3, 0.4) is 0 Å². The van der Waals surface area contributed by atoms with Gasteiger partial charge in [-0.25, -0.2) is 0 Å². The Morgan fingerprint density at radius 1 is 1.10 bits per heavy atom. The fraction of sp³-hybridized carbons (Fsp3) is 0.417. The maximum Gasteiger partial charge on any atom is 0.224 e. The van der Waals surface area contributed by atoms with E-state index in [1.165, 1.54) is 0 Å². The topological polar surface area (TPSA) is 61.9 Å². The second-order valence-corrected chi connectivity index (χ2v) is 7.79. The Morgan fingerprint density at radius 3 is 2.57 bits per heavy atom. The zero-order valence-corrected chi connectivity index (χ0v) is 18.1. The van der Waals surface area contributed by atoms with E-state index in [9.17, 15) is 9.59 Å². The average molecular weight is 410 g/mol. The van der Waals surface area contributed by atoms with Crippen LogP contribution in [0.5, 0.6) is 5.75 Å². The average Bonchev–Trinajstić information content (AvgIpc) is 2.75. The SMILES string of the molecule is CCN(Cc1ccc(N(C)C)cc1)C(=O)CCCOc1ccc2c(c1)CCC(=O)N2.